The molecule has 3 N–H and O–H groups in total. The summed E-state index contributed by atoms with van der Waals surface area (Å²) in [5.41, 5.74) is 2.88. The van der Waals surface area contributed by atoms with Crippen LogP contribution in [0.4, 0.5) is 0 Å². The van der Waals surface area contributed by atoms with Crippen LogP contribution in [0.25, 0.3) is 0 Å². The van der Waals surface area contributed by atoms with Crippen molar-refractivity contribution in [2.24, 2.45) is 0 Å². The van der Waals surface area contributed by atoms with Crippen molar-refractivity contribution in [2.75, 3.05) is 6.61 Å². The van der Waals surface area contributed by atoms with Crippen LogP contribution >= 0.6 is 11.6 Å². The summed E-state index contributed by atoms with van der Waals surface area (Å²) < 4.78 is 0. The number of nitrogens with one attached hydrogen (secondary N) is 2. The third-order valence-electron chi connectivity index (χ3n) is 3.78. The Morgan fingerprint density at radius 2 is 1.87 bits per heavy atom. The zero-order chi connectivity index (χ0) is 17.1. The first kappa shape index (κ1) is 17.2. The van der Waals surface area contributed by atoms with Gasteiger partial charge in [-0.15, -0.1) is 0 Å². The molecule has 0 aliphatic carbocycles. The van der Waals surface area contributed by atoms with Crippen molar-refractivity contribution in [1.82, 2.24) is 10.3 Å². The summed E-state index contributed by atoms with van der Waals surface area (Å²) in [6.07, 6.45) is 0. The number of rotatable bonds is 5. The highest BCUT2D eigenvalue weighted by atomic mass is 35.5. The van der Waals surface area contributed by atoms with E-state index in [0.717, 1.165) is 5.56 Å². The van der Waals surface area contributed by atoms with Gasteiger partial charge in [0.2, 0.25) is 0 Å². The molecule has 0 saturated heterocycles. The topological polar surface area (TPSA) is 82.2 Å². The first-order valence-electron chi connectivity index (χ1n) is 7.22. The lowest BCUT2D eigenvalue weighted by Crippen LogP contribution is -2.31. The fourth-order valence-corrected chi connectivity index (χ4v) is 2.79. The molecule has 1 aromatic heterocycles. The minimum atomic E-state index is -0.552. The maximum atomic E-state index is 12.5. The van der Waals surface area contributed by atoms with Crippen LogP contribution in [0.1, 0.15) is 50.6 Å². The Balaban J connectivity index is 2.25. The Morgan fingerprint density at radius 1 is 1.26 bits per heavy atom. The SMILES string of the molecule is CC(=O)c1c(C)[nH]c(C(=O)N[C@@H](CO)c2ccc(Cl)cc2)c1C. The minimum Gasteiger partial charge on any atom is -0.394 e. The molecule has 2 rings (SSSR count). The van der Waals surface area contributed by atoms with E-state index in [2.05, 4.69) is 10.3 Å². The number of carbonyl (C=O) groups excluding carboxylic acids is 2. The van der Waals surface area contributed by atoms with Crippen LogP contribution in [-0.4, -0.2) is 28.4 Å². The van der Waals surface area contributed by atoms with Crippen LogP contribution in [0.15, 0.2) is 24.3 Å². The summed E-state index contributed by atoms with van der Waals surface area (Å²) in [6.45, 7) is 4.70. The quantitative estimate of drug-likeness (QED) is 0.735. The maximum Gasteiger partial charge on any atom is 0.268 e. The highest BCUT2D eigenvalue weighted by Gasteiger charge is 2.22. The average molecular weight is 335 g/mol. The molecule has 122 valence electrons. The van der Waals surface area contributed by atoms with Crippen molar-refractivity contribution in [2.45, 2.75) is 26.8 Å². The fourth-order valence-electron chi connectivity index (χ4n) is 2.67. The minimum absolute atomic E-state index is 0.0910. The predicted octanol–water partition coefficient (Wildman–Crippen LogP) is 2.95. The molecule has 0 aliphatic rings. The maximum absolute atomic E-state index is 12.5. The second-order valence-corrected chi connectivity index (χ2v) is 5.88. The van der Waals surface area contributed by atoms with Gasteiger partial charge in [-0.25, -0.2) is 0 Å². The first-order valence-corrected chi connectivity index (χ1v) is 7.60. The molecule has 0 radical (unpaired) electrons. The Kier molecular flexibility index (Phi) is 5.23. The standard InChI is InChI=1S/C17H19ClN2O3/c1-9-15(11(3)22)10(2)19-16(9)17(23)20-14(8-21)12-4-6-13(18)7-5-12/h4-7,14,19,21H,8H2,1-3H3,(H,20,23)/t14-/m0/s1. The van der Waals surface area contributed by atoms with Gasteiger partial charge in [0.1, 0.15) is 5.69 Å². The Bertz CT molecular complexity index is 735. The number of hydrogen-bond acceptors (Lipinski definition) is 3. The van der Waals surface area contributed by atoms with E-state index >= 15 is 0 Å². The average Bonchev–Trinajstić information content (AvgIpc) is 2.80. The smallest absolute Gasteiger partial charge is 0.268 e. The lowest BCUT2D eigenvalue weighted by atomic mass is 10.1. The van der Waals surface area contributed by atoms with Crippen LogP contribution in [-0.2, 0) is 0 Å². The van der Waals surface area contributed by atoms with Gasteiger partial charge in [0.25, 0.3) is 5.91 Å². The summed E-state index contributed by atoms with van der Waals surface area (Å²) in [5, 5.41) is 12.9. The van der Waals surface area contributed by atoms with E-state index in [1.54, 1.807) is 38.1 Å². The van der Waals surface area contributed by atoms with Crippen LogP contribution in [0.5, 0.6) is 0 Å². The second kappa shape index (κ2) is 6.98. The molecule has 5 nitrogen and oxygen atoms in total. The number of halogens is 1. The lowest BCUT2D eigenvalue weighted by molar-refractivity contribution is 0.0911. The number of aromatic nitrogens is 1. The molecule has 1 atom stereocenters. The number of aliphatic hydroxyl groups excluding tert-OH is 1. The largest absolute Gasteiger partial charge is 0.394 e. The van der Waals surface area contributed by atoms with Gasteiger partial charge in [0.05, 0.1) is 12.6 Å². The van der Waals surface area contributed by atoms with Gasteiger partial charge in [0.15, 0.2) is 5.78 Å². The van der Waals surface area contributed by atoms with Crippen LogP contribution in [0.3, 0.4) is 0 Å². The summed E-state index contributed by atoms with van der Waals surface area (Å²) in [5.74, 6) is -0.459. The third-order valence-corrected chi connectivity index (χ3v) is 4.03. The fraction of sp³-hybridized carbons (Fsp3) is 0.294. The predicted molar refractivity (Wildman–Crippen MR) is 89.0 cm³/mol. The van der Waals surface area contributed by atoms with Gasteiger partial charge in [-0.3, -0.25) is 9.59 Å². The van der Waals surface area contributed by atoms with E-state index in [0.29, 0.717) is 27.5 Å². The Labute approximate surface area is 139 Å². The second-order valence-electron chi connectivity index (χ2n) is 5.44. The lowest BCUT2D eigenvalue weighted by Gasteiger charge is -2.16. The van der Waals surface area contributed by atoms with Gasteiger partial charge >= 0.3 is 0 Å². The van der Waals surface area contributed by atoms with Gasteiger partial charge in [-0.2, -0.15) is 0 Å². The molecule has 0 saturated carbocycles. The van der Waals surface area contributed by atoms with Crippen molar-refractivity contribution >= 4 is 23.3 Å². The number of amides is 1. The number of Topliss-reactive ketones (excluding diaryl/α,β-unsaturated/α-hetero) is 1. The van der Waals surface area contributed by atoms with E-state index in [-0.39, 0.29) is 18.3 Å². The van der Waals surface area contributed by atoms with Crippen LogP contribution in [0, 0.1) is 13.8 Å². The number of ketones is 1. The molecule has 1 amide bonds. The Hall–Kier alpha value is -2.11. The number of carbonyl (C=O) groups is 2. The number of hydrogen-bond donors (Lipinski definition) is 3. The van der Waals surface area contributed by atoms with Crippen LogP contribution in [0.2, 0.25) is 5.02 Å². The number of benzene rings is 1. The monoisotopic (exact) mass is 334 g/mol. The number of H-pyrrole nitrogens is 1. The molecule has 0 bridgehead atoms. The number of aliphatic hydroxyl groups is 1. The van der Waals surface area contributed by atoms with E-state index in [1.165, 1.54) is 6.92 Å². The van der Waals surface area contributed by atoms with E-state index < -0.39 is 6.04 Å². The molecule has 2 aromatic rings. The number of aromatic amines is 1. The summed E-state index contributed by atoms with van der Waals surface area (Å²) in [7, 11) is 0. The summed E-state index contributed by atoms with van der Waals surface area (Å²) >= 11 is 5.84. The summed E-state index contributed by atoms with van der Waals surface area (Å²) in [4.78, 5) is 27.1. The molecule has 1 aromatic carbocycles. The normalized spacial score (nSPS) is 12.0. The molecule has 0 spiro atoms. The molecular weight excluding hydrogens is 316 g/mol. The summed E-state index contributed by atoms with van der Waals surface area (Å²) in [6, 6.07) is 6.34. The third kappa shape index (κ3) is 3.63. The van der Waals surface area contributed by atoms with Crippen molar-refractivity contribution in [3.8, 4) is 0 Å². The van der Waals surface area contributed by atoms with Crippen LogP contribution < -0.4 is 5.32 Å². The van der Waals surface area contributed by atoms with Crippen molar-refractivity contribution in [3.05, 3.63) is 57.4 Å². The highest BCUT2D eigenvalue weighted by Crippen LogP contribution is 2.20. The highest BCUT2D eigenvalue weighted by molar-refractivity contribution is 6.30. The molecule has 0 unspecified atom stereocenters. The molecular formula is C17H19ClN2O3. The number of aryl methyl sites for hydroxylation is 1. The van der Waals surface area contributed by atoms with Crippen molar-refractivity contribution < 1.29 is 14.7 Å². The zero-order valence-corrected chi connectivity index (χ0v) is 14.0. The Morgan fingerprint density at radius 3 is 2.35 bits per heavy atom. The van der Waals surface area contributed by atoms with Gasteiger partial charge in [0, 0.05) is 16.3 Å². The van der Waals surface area contributed by atoms with E-state index in [1.807, 2.05) is 0 Å². The zero-order valence-electron chi connectivity index (χ0n) is 13.2. The molecule has 23 heavy (non-hydrogen) atoms. The molecule has 1 heterocycles. The molecule has 0 fully saturated rings. The van der Waals surface area contributed by atoms with E-state index in [4.69, 9.17) is 11.6 Å². The van der Waals surface area contributed by atoms with Crippen molar-refractivity contribution in [3.63, 3.8) is 0 Å². The molecule has 0 aliphatic heterocycles. The van der Waals surface area contributed by atoms with Crippen molar-refractivity contribution in [1.29, 1.82) is 0 Å². The van der Waals surface area contributed by atoms with Gasteiger partial charge in [-0.1, -0.05) is 23.7 Å². The van der Waals surface area contributed by atoms with Gasteiger partial charge < -0.3 is 15.4 Å². The van der Waals surface area contributed by atoms with Gasteiger partial charge in [-0.05, 0) is 44.0 Å². The first-order chi connectivity index (χ1) is 10.8. The van der Waals surface area contributed by atoms with E-state index in [9.17, 15) is 14.7 Å². The molecule has 6 heteroatoms.